The maximum atomic E-state index is 11.4. The first kappa shape index (κ1) is 22.7. The SMILES string of the molecule is CC(=O)NC1[C@H](OCCCn2cc(CC(C)(C)C)nn2)OC(CO)[C@H](O)[C@@H]1O. The summed E-state index contributed by atoms with van der Waals surface area (Å²) in [5, 5.41) is 40.3. The molecule has 0 saturated carbocycles. The maximum absolute atomic E-state index is 11.4. The van der Waals surface area contributed by atoms with Gasteiger partial charge in [-0.3, -0.25) is 9.48 Å². The van der Waals surface area contributed by atoms with Gasteiger partial charge in [0, 0.05) is 19.7 Å². The molecule has 1 aliphatic heterocycles. The van der Waals surface area contributed by atoms with Crippen LogP contribution in [-0.2, 0) is 27.2 Å². The van der Waals surface area contributed by atoms with E-state index in [4.69, 9.17) is 9.47 Å². The number of carbonyl (C=O) groups is 1. The molecule has 5 atom stereocenters. The molecule has 28 heavy (non-hydrogen) atoms. The second-order valence-electron chi connectivity index (χ2n) is 8.37. The van der Waals surface area contributed by atoms with Gasteiger partial charge in [-0.1, -0.05) is 26.0 Å². The van der Waals surface area contributed by atoms with E-state index in [-0.39, 0.29) is 17.9 Å². The Bertz CT molecular complexity index is 632. The molecule has 160 valence electrons. The summed E-state index contributed by atoms with van der Waals surface area (Å²) in [4.78, 5) is 11.4. The van der Waals surface area contributed by atoms with Crippen molar-refractivity contribution in [3.05, 3.63) is 11.9 Å². The predicted molar refractivity (Wildman–Crippen MR) is 99.1 cm³/mol. The van der Waals surface area contributed by atoms with E-state index in [0.717, 1.165) is 12.1 Å². The Morgan fingerprint density at radius 2 is 2.07 bits per heavy atom. The lowest BCUT2D eigenvalue weighted by Gasteiger charge is -2.42. The van der Waals surface area contributed by atoms with Crippen LogP contribution in [0, 0.1) is 5.41 Å². The van der Waals surface area contributed by atoms with Crippen molar-refractivity contribution in [1.29, 1.82) is 0 Å². The summed E-state index contributed by atoms with van der Waals surface area (Å²) in [6.45, 7) is 8.11. The lowest BCUT2D eigenvalue weighted by Crippen LogP contribution is -2.64. The van der Waals surface area contributed by atoms with E-state index in [1.54, 1.807) is 4.68 Å². The van der Waals surface area contributed by atoms with Crippen LogP contribution >= 0.6 is 0 Å². The number of aliphatic hydroxyl groups excluding tert-OH is 3. The van der Waals surface area contributed by atoms with E-state index in [2.05, 4.69) is 36.4 Å². The van der Waals surface area contributed by atoms with Crippen molar-refractivity contribution in [3.63, 3.8) is 0 Å². The van der Waals surface area contributed by atoms with Crippen molar-refractivity contribution in [2.45, 2.75) is 77.7 Å². The van der Waals surface area contributed by atoms with Crippen molar-refractivity contribution in [2.24, 2.45) is 5.41 Å². The summed E-state index contributed by atoms with van der Waals surface area (Å²) in [5.74, 6) is -0.384. The Labute approximate surface area is 164 Å². The summed E-state index contributed by atoms with van der Waals surface area (Å²) in [7, 11) is 0. The van der Waals surface area contributed by atoms with E-state index in [1.165, 1.54) is 6.92 Å². The van der Waals surface area contributed by atoms with Crippen molar-refractivity contribution in [3.8, 4) is 0 Å². The minimum atomic E-state index is -1.32. The third-order valence-corrected chi connectivity index (χ3v) is 4.36. The van der Waals surface area contributed by atoms with Gasteiger partial charge in [-0.15, -0.1) is 5.10 Å². The van der Waals surface area contributed by atoms with Crippen LogP contribution in [-0.4, -0.2) is 80.1 Å². The Morgan fingerprint density at radius 3 is 2.68 bits per heavy atom. The number of carbonyl (C=O) groups excluding carboxylic acids is 1. The first-order valence-electron chi connectivity index (χ1n) is 9.51. The number of aromatic nitrogens is 3. The predicted octanol–water partition coefficient (Wildman–Crippen LogP) is -0.783. The van der Waals surface area contributed by atoms with E-state index in [1.807, 2.05) is 6.20 Å². The van der Waals surface area contributed by atoms with Crippen LogP contribution in [0.25, 0.3) is 0 Å². The number of hydrogen-bond donors (Lipinski definition) is 4. The lowest BCUT2D eigenvalue weighted by molar-refractivity contribution is -0.270. The summed E-state index contributed by atoms with van der Waals surface area (Å²) in [5.41, 5.74) is 1.06. The van der Waals surface area contributed by atoms with Gasteiger partial charge in [0.1, 0.15) is 24.4 Å². The van der Waals surface area contributed by atoms with Gasteiger partial charge >= 0.3 is 0 Å². The fourth-order valence-corrected chi connectivity index (χ4v) is 3.11. The number of nitrogens with zero attached hydrogens (tertiary/aromatic N) is 3. The molecular weight excluding hydrogens is 368 g/mol. The standard InChI is InChI=1S/C18H32N4O6/c1-11(24)19-14-16(26)15(25)13(10-23)28-17(14)27-7-5-6-22-9-12(20-21-22)8-18(2,3)4/h9,13-17,23,25-26H,5-8,10H2,1-4H3,(H,19,24)/t13?,14?,15-,16+,17+/m0/s1. The van der Waals surface area contributed by atoms with Crippen LogP contribution in [0.3, 0.4) is 0 Å². The molecule has 10 heteroatoms. The fraction of sp³-hybridized carbons (Fsp3) is 0.833. The summed E-state index contributed by atoms with van der Waals surface area (Å²) in [6.07, 6.45) is -1.25. The molecule has 0 spiro atoms. The highest BCUT2D eigenvalue weighted by molar-refractivity contribution is 5.73. The fourth-order valence-electron chi connectivity index (χ4n) is 3.11. The molecule has 2 heterocycles. The minimum Gasteiger partial charge on any atom is -0.394 e. The smallest absolute Gasteiger partial charge is 0.217 e. The minimum absolute atomic E-state index is 0.135. The number of aliphatic hydroxyl groups is 3. The van der Waals surface area contributed by atoms with Gasteiger partial charge in [0.05, 0.1) is 18.9 Å². The number of amides is 1. The van der Waals surface area contributed by atoms with E-state index >= 15 is 0 Å². The highest BCUT2D eigenvalue weighted by Gasteiger charge is 2.45. The number of ether oxygens (including phenoxy) is 2. The van der Waals surface area contributed by atoms with Gasteiger partial charge in [-0.25, -0.2) is 0 Å². The van der Waals surface area contributed by atoms with E-state index in [9.17, 15) is 20.1 Å². The van der Waals surface area contributed by atoms with Crippen LogP contribution in [0.15, 0.2) is 6.20 Å². The average Bonchev–Trinajstić information content (AvgIpc) is 3.02. The van der Waals surface area contributed by atoms with Crippen molar-refractivity contribution in [1.82, 2.24) is 20.3 Å². The molecule has 0 aliphatic carbocycles. The molecule has 1 fully saturated rings. The van der Waals surface area contributed by atoms with Gasteiger partial charge in [-0.2, -0.15) is 0 Å². The monoisotopic (exact) mass is 400 g/mol. The zero-order valence-corrected chi connectivity index (χ0v) is 16.9. The topological polar surface area (TPSA) is 139 Å². The Morgan fingerprint density at radius 1 is 1.36 bits per heavy atom. The Hall–Kier alpha value is -1.59. The quantitative estimate of drug-likeness (QED) is 0.417. The number of aryl methyl sites for hydroxylation is 1. The van der Waals surface area contributed by atoms with Gasteiger partial charge in [-0.05, 0) is 18.3 Å². The zero-order chi connectivity index (χ0) is 20.9. The Kier molecular flexibility index (Phi) is 7.90. The van der Waals surface area contributed by atoms with Crippen molar-refractivity contribution < 1.29 is 29.6 Å². The molecule has 1 aliphatic rings. The molecule has 1 amide bonds. The molecule has 0 aromatic carbocycles. The van der Waals surface area contributed by atoms with Crippen LogP contribution in [0.5, 0.6) is 0 Å². The van der Waals surface area contributed by atoms with Crippen molar-refractivity contribution >= 4 is 5.91 Å². The lowest BCUT2D eigenvalue weighted by atomic mass is 9.91. The normalized spacial score (nSPS) is 28.3. The zero-order valence-electron chi connectivity index (χ0n) is 16.9. The average molecular weight is 400 g/mol. The molecule has 1 aromatic rings. The second kappa shape index (κ2) is 9.75. The van der Waals surface area contributed by atoms with Crippen LogP contribution in [0.2, 0.25) is 0 Å². The number of nitrogens with one attached hydrogen (secondary N) is 1. The first-order valence-corrected chi connectivity index (χ1v) is 9.51. The molecule has 2 unspecified atom stereocenters. The van der Waals surface area contributed by atoms with Crippen LogP contribution < -0.4 is 5.32 Å². The summed E-state index contributed by atoms with van der Waals surface area (Å²) in [6, 6.07) is -0.931. The van der Waals surface area contributed by atoms with Gasteiger partial charge in [0.25, 0.3) is 0 Å². The second-order valence-corrected chi connectivity index (χ2v) is 8.37. The molecule has 1 saturated heterocycles. The van der Waals surface area contributed by atoms with E-state index < -0.39 is 37.3 Å². The molecule has 0 bridgehead atoms. The highest BCUT2D eigenvalue weighted by atomic mass is 16.7. The van der Waals surface area contributed by atoms with E-state index in [0.29, 0.717) is 13.0 Å². The third kappa shape index (κ3) is 6.49. The molecule has 4 N–H and O–H groups in total. The molecule has 10 nitrogen and oxygen atoms in total. The van der Waals surface area contributed by atoms with Gasteiger partial charge < -0.3 is 30.1 Å². The first-order chi connectivity index (χ1) is 13.1. The highest BCUT2D eigenvalue weighted by Crippen LogP contribution is 2.22. The molecule has 1 aromatic heterocycles. The summed E-state index contributed by atoms with van der Waals surface area (Å²) >= 11 is 0. The van der Waals surface area contributed by atoms with Crippen LogP contribution in [0.4, 0.5) is 0 Å². The largest absolute Gasteiger partial charge is 0.394 e. The van der Waals surface area contributed by atoms with Gasteiger partial charge in [0.15, 0.2) is 6.29 Å². The summed E-state index contributed by atoms with van der Waals surface area (Å²) < 4.78 is 12.9. The third-order valence-electron chi connectivity index (χ3n) is 4.36. The number of hydrogen-bond acceptors (Lipinski definition) is 8. The number of rotatable bonds is 8. The Balaban J connectivity index is 1.86. The van der Waals surface area contributed by atoms with Crippen LogP contribution in [0.1, 0.15) is 39.8 Å². The molecular formula is C18H32N4O6. The van der Waals surface area contributed by atoms with Crippen molar-refractivity contribution in [2.75, 3.05) is 13.2 Å². The molecule has 0 radical (unpaired) electrons. The molecule has 2 rings (SSSR count). The van der Waals surface area contributed by atoms with Gasteiger partial charge in [0.2, 0.25) is 5.91 Å². The maximum Gasteiger partial charge on any atom is 0.217 e.